The highest BCUT2D eigenvalue weighted by molar-refractivity contribution is 5.93. The van der Waals surface area contributed by atoms with Gasteiger partial charge >= 0.3 is 5.97 Å². The Morgan fingerprint density at radius 2 is 1.96 bits per heavy atom. The molecule has 0 aliphatic carbocycles. The zero-order valence-corrected chi connectivity index (χ0v) is 13.9. The smallest absolute Gasteiger partial charge is 0.316 e. The molecule has 2 aromatic rings. The third-order valence-electron chi connectivity index (χ3n) is 3.97. The first-order valence-corrected chi connectivity index (χ1v) is 8.02. The van der Waals surface area contributed by atoms with E-state index in [-0.39, 0.29) is 5.97 Å². The number of carbonyl (C=O) groups is 1. The number of nitrogens with one attached hydrogen (secondary N) is 1. The van der Waals surface area contributed by atoms with Gasteiger partial charge in [-0.05, 0) is 39.0 Å². The lowest BCUT2D eigenvalue weighted by molar-refractivity contribution is -0.142. The number of hydrogen-bond donors (Lipinski definition) is 1. The van der Waals surface area contributed by atoms with Crippen LogP contribution in [0.15, 0.2) is 30.5 Å². The number of nitrogens with zero attached hydrogens (tertiary/aromatic N) is 2. The molecule has 5 heteroatoms. The van der Waals surface area contributed by atoms with Gasteiger partial charge in [0, 0.05) is 49.5 Å². The molecule has 23 heavy (non-hydrogen) atoms. The van der Waals surface area contributed by atoms with Gasteiger partial charge in [-0.1, -0.05) is 0 Å². The van der Waals surface area contributed by atoms with Crippen LogP contribution in [0.4, 0.5) is 5.69 Å². The van der Waals surface area contributed by atoms with Gasteiger partial charge < -0.3 is 15.0 Å². The van der Waals surface area contributed by atoms with E-state index < -0.39 is 5.41 Å². The second kappa shape index (κ2) is 6.16. The van der Waals surface area contributed by atoms with Gasteiger partial charge in [-0.25, -0.2) is 0 Å². The number of hydrogen-bond acceptors (Lipinski definition) is 5. The van der Waals surface area contributed by atoms with Gasteiger partial charge in [-0.3, -0.25) is 9.78 Å². The minimum absolute atomic E-state index is 0.241. The van der Waals surface area contributed by atoms with Crippen LogP contribution in [0.2, 0.25) is 0 Å². The van der Waals surface area contributed by atoms with E-state index in [0.29, 0.717) is 5.75 Å². The molecule has 1 aromatic heterocycles. The van der Waals surface area contributed by atoms with E-state index in [0.717, 1.165) is 37.1 Å². The summed E-state index contributed by atoms with van der Waals surface area (Å²) in [5.41, 5.74) is 1.51. The van der Waals surface area contributed by atoms with Crippen LogP contribution in [0.25, 0.3) is 10.9 Å². The molecule has 0 amide bonds. The van der Waals surface area contributed by atoms with E-state index in [4.69, 9.17) is 4.74 Å². The molecule has 1 aliphatic rings. The molecule has 5 nitrogen and oxygen atoms in total. The zero-order valence-electron chi connectivity index (χ0n) is 13.9. The van der Waals surface area contributed by atoms with Crippen LogP contribution in [0.1, 0.15) is 20.8 Å². The lowest BCUT2D eigenvalue weighted by atomic mass is 9.97. The Labute approximate surface area is 136 Å². The summed E-state index contributed by atoms with van der Waals surface area (Å²) in [6, 6.07) is 7.73. The summed E-state index contributed by atoms with van der Waals surface area (Å²) in [4.78, 5) is 18.8. The Morgan fingerprint density at radius 3 is 2.65 bits per heavy atom. The molecule has 0 spiro atoms. The number of piperazine rings is 1. The molecule has 3 rings (SSSR count). The molecular weight excluding hydrogens is 290 g/mol. The molecule has 1 saturated heterocycles. The molecule has 2 heterocycles. The van der Waals surface area contributed by atoms with Crippen LogP contribution < -0.4 is 15.0 Å². The van der Waals surface area contributed by atoms with Gasteiger partial charge in [0.1, 0.15) is 5.75 Å². The molecule has 0 radical (unpaired) electrons. The van der Waals surface area contributed by atoms with Crippen molar-refractivity contribution in [3.05, 3.63) is 30.5 Å². The fourth-order valence-corrected chi connectivity index (χ4v) is 2.62. The van der Waals surface area contributed by atoms with Crippen molar-refractivity contribution in [3.63, 3.8) is 0 Å². The number of anilines is 1. The fourth-order valence-electron chi connectivity index (χ4n) is 2.62. The average Bonchev–Trinajstić information content (AvgIpc) is 2.54. The summed E-state index contributed by atoms with van der Waals surface area (Å²) in [5.74, 6) is 0.303. The molecule has 122 valence electrons. The molecule has 1 aliphatic heterocycles. The Kier molecular flexibility index (Phi) is 4.22. The van der Waals surface area contributed by atoms with Crippen molar-refractivity contribution in [2.24, 2.45) is 5.41 Å². The monoisotopic (exact) mass is 313 g/mol. The van der Waals surface area contributed by atoms with E-state index in [1.807, 2.05) is 45.2 Å². The Morgan fingerprint density at radius 1 is 1.22 bits per heavy atom. The number of carbonyl (C=O) groups excluding carboxylic acids is 1. The number of fused-ring (bicyclic) bond motifs is 1. The first kappa shape index (κ1) is 15.7. The Balaban J connectivity index is 1.90. The van der Waals surface area contributed by atoms with Gasteiger partial charge in [0.05, 0.1) is 10.9 Å². The first-order valence-electron chi connectivity index (χ1n) is 8.02. The van der Waals surface area contributed by atoms with Crippen LogP contribution in [-0.2, 0) is 4.79 Å². The molecule has 0 saturated carbocycles. The maximum atomic E-state index is 12.0. The molecule has 0 unspecified atom stereocenters. The largest absolute Gasteiger partial charge is 0.426 e. The number of esters is 1. The number of pyridine rings is 1. The van der Waals surface area contributed by atoms with Crippen LogP contribution in [0.5, 0.6) is 5.75 Å². The van der Waals surface area contributed by atoms with Gasteiger partial charge in [0.25, 0.3) is 0 Å². The summed E-state index contributed by atoms with van der Waals surface area (Å²) in [7, 11) is 0. The van der Waals surface area contributed by atoms with Crippen molar-refractivity contribution in [2.45, 2.75) is 20.8 Å². The standard InChI is InChI=1S/C18H23N3O2/c1-18(2,3)17(22)23-13-4-5-14-15(12-13)20-7-6-16(14)21-10-8-19-9-11-21/h4-7,12,19H,8-11H2,1-3H3. The summed E-state index contributed by atoms with van der Waals surface area (Å²) >= 11 is 0. The number of benzene rings is 1. The number of aromatic nitrogens is 1. The molecule has 0 atom stereocenters. The summed E-state index contributed by atoms with van der Waals surface area (Å²) in [5, 5.41) is 4.45. The minimum Gasteiger partial charge on any atom is -0.426 e. The molecular formula is C18H23N3O2. The van der Waals surface area contributed by atoms with Crippen LogP contribution in [0.3, 0.4) is 0 Å². The van der Waals surface area contributed by atoms with E-state index in [9.17, 15) is 4.79 Å². The predicted molar refractivity (Wildman–Crippen MR) is 91.9 cm³/mol. The Hall–Kier alpha value is -2.14. The lowest BCUT2D eigenvalue weighted by Crippen LogP contribution is -2.43. The van der Waals surface area contributed by atoms with Crippen LogP contribution >= 0.6 is 0 Å². The fraction of sp³-hybridized carbons (Fsp3) is 0.444. The molecule has 0 bridgehead atoms. The third kappa shape index (κ3) is 3.45. The van der Waals surface area contributed by atoms with E-state index in [2.05, 4.69) is 21.3 Å². The summed E-state index contributed by atoms with van der Waals surface area (Å²) < 4.78 is 5.47. The normalized spacial score (nSPS) is 15.7. The third-order valence-corrected chi connectivity index (χ3v) is 3.97. The SMILES string of the molecule is CC(C)(C)C(=O)Oc1ccc2c(N3CCNCC3)ccnc2c1. The van der Waals surface area contributed by atoms with E-state index in [1.165, 1.54) is 5.69 Å². The van der Waals surface area contributed by atoms with Crippen molar-refractivity contribution in [2.75, 3.05) is 31.1 Å². The average molecular weight is 313 g/mol. The van der Waals surface area contributed by atoms with Gasteiger partial charge in [0.15, 0.2) is 0 Å². The highest BCUT2D eigenvalue weighted by Gasteiger charge is 2.24. The molecule has 1 N–H and O–H groups in total. The molecule has 1 fully saturated rings. The minimum atomic E-state index is -0.523. The first-order chi connectivity index (χ1) is 10.9. The van der Waals surface area contributed by atoms with E-state index >= 15 is 0 Å². The maximum Gasteiger partial charge on any atom is 0.316 e. The second-order valence-electron chi connectivity index (χ2n) is 6.89. The topological polar surface area (TPSA) is 54.5 Å². The second-order valence-corrected chi connectivity index (χ2v) is 6.89. The van der Waals surface area contributed by atoms with Crippen molar-refractivity contribution in [1.29, 1.82) is 0 Å². The molecule has 1 aromatic carbocycles. The predicted octanol–water partition coefficient (Wildman–Crippen LogP) is 2.60. The van der Waals surface area contributed by atoms with Gasteiger partial charge in [0.2, 0.25) is 0 Å². The van der Waals surface area contributed by atoms with Crippen molar-refractivity contribution in [3.8, 4) is 5.75 Å². The number of ether oxygens (including phenoxy) is 1. The van der Waals surface area contributed by atoms with Crippen molar-refractivity contribution < 1.29 is 9.53 Å². The van der Waals surface area contributed by atoms with E-state index in [1.54, 1.807) is 0 Å². The van der Waals surface area contributed by atoms with Crippen LogP contribution in [0, 0.1) is 5.41 Å². The number of rotatable bonds is 2. The van der Waals surface area contributed by atoms with Gasteiger partial charge in [-0.2, -0.15) is 0 Å². The summed E-state index contributed by atoms with van der Waals surface area (Å²) in [6.45, 7) is 9.49. The van der Waals surface area contributed by atoms with Gasteiger partial charge in [-0.15, -0.1) is 0 Å². The summed E-state index contributed by atoms with van der Waals surface area (Å²) in [6.07, 6.45) is 1.81. The van der Waals surface area contributed by atoms with Crippen LogP contribution in [-0.4, -0.2) is 37.1 Å². The Bertz CT molecular complexity index is 716. The zero-order chi connectivity index (χ0) is 16.4. The lowest BCUT2D eigenvalue weighted by Gasteiger charge is -2.30. The maximum absolute atomic E-state index is 12.0. The quantitative estimate of drug-likeness (QED) is 0.682. The van der Waals surface area contributed by atoms with Crippen molar-refractivity contribution in [1.82, 2.24) is 10.3 Å². The highest BCUT2D eigenvalue weighted by atomic mass is 16.5. The van der Waals surface area contributed by atoms with Crippen molar-refractivity contribution >= 4 is 22.6 Å². The highest BCUT2D eigenvalue weighted by Crippen LogP contribution is 2.29.